The van der Waals surface area contributed by atoms with Crippen LogP contribution in [-0.2, 0) is 36.2 Å². The van der Waals surface area contributed by atoms with Crippen molar-refractivity contribution in [2.45, 2.75) is 87.7 Å². The number of allylic oxidation sites excluding steroid dienone is 1. The van der Waals surface area contributed by atoms with Crippen LogP contribution in [-0.4, -0.2) is 65.8 Å². The number of aromatic nitrogens is 1. The first-order valence-electron chi connectivity index (χ1n) is 17.5. The predicted molar refractivity (Wildman–Crippen MR) is 188 cm³/mol. The Labute approximate surface area is 295 Å². The van der Waals surface area contributed by atoms with Crippen molar-refractivity contribution in [2.24, 2.45) is 28.0 Å². The highest BCUT2D eigenvalue weighted by Gasteiger charge is 2.45. The third kappa shape index (κ3) is 6.88. The first-order chi connectivity index (χ1) is 23.4. The molecule has 49 heavy (non-hydrogen) atoms. The van der Waals surface area contributed by atoms with Crippen LogP contribution in [0.5, 0.6) is 5.75 Å². The number of aliphatic hydroxyl groups is 1. The summed E-state index contributed by atoms with van der Waals surface area (Å²) in [6.07, 6.45) is 10.2. The topological polar surface area (TPSA) is 130 Å². The third-order valence-corrected chi connectivity index (χ3v) is 13.1. The lowest BCUT2D eigenvalue weighted by atomic mass is 9.68. The van der Waals surface area contributed by atoms with E-state index in [4.69, 9.17) is 26.1 Å². The quantitative estimate of drug-likeness (QED) is 0.305. The van der Waals surface area contributed by atoms with Crippen LogP contribution >= 0.6 is 11.6 Å². The highest BCUT2D eigenvalue weighted by molar-refractivity contribution is 7.75. The summed E-state index contributed by atoms with van der Waals surface area (Å²) in [5, 5.41) is 12.9. The Kier molecular flexibility index (Phi) is 9.58. The number of hydrogen-bond acceptors (Lipinski definition) is 9. The molecule has 0 radical (unpaired) electrons. The van der Waals surface area contributed by atoms with Crippen molar-refractivity contribution < 1.29 is 28.4 Å². The number of rotatable bonds is 3. The average molecular weight is 710 g/mol. The predicted octanol–water partition coefficient (Wildman–Crippen LogP) is 5.74. The third-order valence-electron chi connectivity index (χ3n) is 11.5. The van der Waals surface area contributed by atoms with Gasteiger partial charge in [0.2, 0.25) is 5.91 Å². The van der Waals surface area contributed by atoms with Gasteiger partial charge in [0.05, 0.1) is 18.3 Å². The van der Waals surface area contributed by atoms with Gasteiger partial charge in [-0.1, -0.05) is 36.7 Å². The molecule has 1 aromatic carbocycles. The summed E-state index contributed by atoms with van der Waals surface area (Å²) in [4.78, 5) is 33.9. The summed E-state index contributed by atoms with van der Waals surface area (Å²) in [5.74, 6) is 0.137. The minimum atomic E-state index is -2.09. The van der Waals surface area contributed by atoms with Gasteiger partial charge in [-0.05, 0) is 117 Å². The van der Waals surface area contributed by atoms with Gasteiger partial charge in [0.15, 0.2) is 11.6 Å². The molecule has 12 heteroatoms. The molecule has 2 aliphatic heterocycles. The Morgan fingerprint density at radius 1 is 1.22 bits per heavy atom. The van der Waals surface area contributed by atoms with Crippen LogP contribution < -0.4 is 15.0 Å². The molecule has 6 atom stereocenters. The molecule has 2 N–H and O–H groups in total. The number of pyridine rings is 1. The van der Waals surface area contributed by atoms with E-state index in [-0.39, 0.29) is 35.0 Å². The molecular weight excluding hydrogens is 664 g/mol. The lowest BCUT2D eigenvalue weighted by Crippen LogP contribution is -2.51. The Bertz CT molecular complexity index is 1730. The second-order valence-corrected chi connectivity index (χ2v) is 16.8. The fourth-order valence-electron chi connectivity index (χ4n) is 8.61. The maximum Gasteiger partial charge on any atom is 0.272 e. The fourth-order valence-corrected chi connectivity index (χ4v) is 9.90. The van der Waals surface area contributed by atoms with Gasteiger partial charge in [-0.3, -0.25) is 9.59 Å². The fraction of sp³-hybridized carbons (Fsp3) is 0.595. The SMILES string of the molecule is CO[C@H]1/C=C/C[C@H](C)C(NC(=O)C2CC(C)(O)C2)[S-](=O)=NC(=O)c2ccc3c(n2)N(C[C@@H]2CC[C@H]21)C[C@@]1(CCCc2cc(Cl)ccc21)CO3. The summed E-state index contributed by atoms with van der Waals surface area (Å²) in [5.41, 5.74) is 1.41. The smallest absolute Gasteiger partial charge is 0.272 e. The van der Waals surface area contributed by atoms with Gasteiger partial charge < -0.3 is 33.4 Å². The summed E-state index contributed by atoms with van der Waals surface area (Å²) < 4.78 is 30.5. The summed E-state index contributed by atoms with van der Waals surface area (Å²) in [6, 6.07) is 9.53. The Hall–Kier alpha value is -2.99. The molecule has 7 rings (SSSR count). The molecule has 2 amide bonds. The number of methoxy groups -OCH3 is 1. The van der Waals surface area contributed by atoms with Crippen molar-refractivity contribution in [3.05, 3.63) is 64.3 Å². The molecule has 1 spiro atoms. The van der Waals surface area contributed by atoms with E-state index in [9.17, 15) is 18.9 Å². The number of hydrogen-bond donors (Lipinski definition) is 2. The normalized spacial score (nSPS) is 35.4. The number of carbonyl (C=O) groups excluding carboxylic acids is 2. The van der Waals surface area contributed by atoms with Crippen LogP contribution in [0.15, 0.2) is 46.8 Å². The minimum Gasteiger partial charge on any atom is -0.489 e. The molecule has 2 saturated carbocycles. The van der Waals surface area contributed by atoms with Gasteiger partial charge in [0.1, 0.15) is 5.69 Å². The molecule has 0 saturated heterocycles. The van der Waals surface area contributed by atoms with E-state index in [1.807, 2.05) is 19.1 Å². The van der Waals surface area contributed by atoms with Gasteiger partial charge >= 0.3 is 0 Å². The average Bonchev–Trinajstić information content (AvgIpc) is 3.19. The van der Waals surface area contributed by atoms with E-state index in [0.717, 1.165) is 43.7 Å². The molecule has 2 bridgehead atoms. The standard InChI is InChI=1S/C37H46ClN4O6S/c1-22-6-4-8-30(47-3)27-11-9-24(27)19-42-20-37(15-5-7-23-16-26(38)10-12-28(23)37)21-48-31-14-13-29(39-32(31)42)34(44)41-49(46)35(22)40-33(43)25-17-36(2,45)18-25/h4,8,10,12-14,16,22,24-25,27,30,35,45H,5-7,9,11,15,17-21H2,1-3H3,(H,40,43)/q-1/b8-4+/t22-,24-,25?,27+,30-,35?,36?,37-/m0/s1. The Morgan fingerprint density at radius 2 is 2.04 bits per heavy atom. The molecule has 2 aromatic rings. The van der Waals surface area contributed by atoms with E-state index >= 15 is 0 Å². The number of nitrogens with one attached hydrogen (secondary N) is 1. The number of fused-ring (bicyclic) bond motifs is 4. The van der Waals surface area contributed by atoms with Crippen LogP contribution in [0, 0.1) is 23.7 Å². The zero-order valence-electron chi connectivity index (χ0n) is 28.4. The highest BCUT2D eigenvalue weighted by atomic mass is 35.5. The van der Waals surface area contributed by atoms with E-state index in [1.165, 1.54) is 11.1 Å². The summed E-state index contributed by atoms with van der Waals surface area (Å²) >= 11 is 6.43. The maximum atomic E-state index is 13.8. The number of carbonyl (C=O) groups is 2. The molecule has 10 nitrogen and oxygen atoms in total. The second-order valence-electron chi connectivity index (χ2n) is 15.2. The van der Waals surface area contributed by atoms with E-state index < -0.39 is 27.5 Å². The highest BCUT2D eigenvalue weighted by Crippen LogP contribution is 2.46. The lowest BCUT2D eigenvalue weighted by Gasteiger charge is -2.45. The molecule has 2 fully saturated rings. The largest absolute Gasteiger partial charge is 0.489 e. The van der Waals surface area contributed by atoms with Crippen molar-refractivity contribution in [2.75, 3.05) is 31.7 Å². The molecule has 3 heterocycles. The van der Waals surface area contributed by atoms with Crippen molar-refractivity contribution in [3.63, 3.8) is 0 Å². The number of halogens is 1. The molecule has 5 aliphatic rings. The number of amides is 2. The van der Waals surface area contributed by atoms with Gasteiger partial charge in [-0.2, -0.15) is 10.6 Å². The van der Waals surface area contributed by atoms with Gasteiger partial charge in [0.25, 0.3) is 5.91 Å². The number of benzene rings is 1. The molecule has 1 aromatic heterocycles. The zero-order chi connectivity index (χ0) is 34.5. The first kappa shape index (κ1) is 34.5. The van der Waals surface area contributed by atoms with E-state index in [2.05, 4.69) is 32.8 Å². The van der Waals surface area contributed by atoms with E-state index in [0.29, 0.717) is 55.8 Å². The second kappa shape index (κ2) is 13.6. The van der Waals surface area contributed by atoms with E-state index in [1.54, 1.807) is 26.2 Å². The monoisotopic (exact) mass is 709 g/mol. The minimum absolute atomic E-state index is 0.0761. The molecule has 1 unspecified atom stereocenters. The summed E-state index contributed by atoms with van der Waals surface area (Å²) in [6.45, 7) is 5.46. The van der Waals surface area contributed by atoms with Crippen LogP contribution in [0.2, 0.25) is 5.02 Å². The van der Waals surface area contributed by atoms with Gasteiger partial charge in [0, 0.05) is 36.6 Å². The van der Waals surface area contributed by atoms with Crippen molar-refractivity contribution in [3.8, 4) is 5.75 Å². The molecule has 264 valence electrons. The number of aryl methyl sites for hydroxylation is 1. The van der Waals surface area contributed by atoms with Crippen molar-refractivity contribution in [1.29, 1.82) is 0 Å². The molecular formula is C37H46ClN4O6S-. The van der Waals surface area contributed by atoms with Crippen LogP contribution in [0.4, 0.5) is 5.82 Å². The zero-order valence-corrected chi connectivity index (χ0v) is 30.0. The van der Waals surface area contributed by atoms with Gasteiger partial charge in [-0.25, -0.2) is 4.98 Å². The number of anilines is 1. The van der Waals surface area contributed by atoms with Crippen LogP contribution in [0.3, 0.4) is 0 Å². The maximum absolute atomic E-state index is 13.8. The Balaban J connectivity index is 1.26. The van der Waals surface area contributed by atoms with Crippen LogP contribution in [0.25, 0.3) is 0 Å². The molecule has 3 aliphatic carbocycles. The summed E-state index contributed by atoms with van der Waals surface area (Å²) in [7, 11) is -0.347. The lowest BCUT2D eigenvalue weighted by molar-refractivity contribution is -0.139. The van der Waals surface area contributed by atoms with Crippen LogP contribution in [0.1, 0.15) is 80.4 Å². The first-order valence-corrected chi connectivity index (χ1v) is 19.1. The van der Waals surface area contributed by atoms with Crippen molar-refractivity contribution in [1.82, 2.24) is 10.3 Å². The number of nitrogens with zero attached hydrogens (tertiary/aromatic N) is 3. The number of ether oxygens (including phenoxy) is 2. The van der Waals surface area contributed by atoms with Gasteiger partial charge in [-0.15, -0.1) is 0 Å². The Morgan fingerprint density at radius 3 is 2.78 bits per heavy atom. The van der Waals surface area contributed by atoms with Crippen molar-refractivity contribution >= 4 is 39.8 Å².